The van der Waals surface area contributed by atoms with Gasteiger partial charge in [-0.1, -0.05) is 25.5 Å². The number of fused-ring (bicyclic) bond motifs is 3. The first-order valence-corrected chi connectivity index (χ1v) is 10.7. The molecule has 140 valence electrons. The van der Waals surface area contributed by atoms with Gasteiger partial charge in [0.25, 0.3) is 5.91 Å². The quantitative estimate of drug-likeness (QED) is 0.739. The topological polar surface area (TPSA) is 46.6 Å². The Kier molecular flexibility index (Phi) is 5.25. The average Bonchev–Trinajstić information content (AvgIpc) is 3.19. The highest BCUT2D eigenvalue weighted by Gasteiger charge is 2.40. The van der Waals surface area contributed by atoms with Crippen LogP contribution in [0, 0.1) is 17.8 Å². The summed E-state index contributed by atoms with van der Waals surface area (Å²) in [6, 6.07) is 8.00. The zero-order valence-corrected chi connectivity index (χ0v) is 16.2. The fourth-order valence-corrected chi connectivity index (χ4v) is 5.98. The van der Waals surface area contributed by atoms with E-state index in [2.05, 4.69) is 13.0 Å². The van der Waals surface area contributed by atoms with Crippen molar-refractivity contribution in [3.05, 3.63) is 24.3 Å². The van der Waals surface area contributed by atoms with E-state index >= 15 is 0 Å². The third kappa shape index (κ3) is 3.78. The second-order valence-electron chi connectivity index (χ2n) is 8.03. The van der Waals surface area contributed by atoms with E-state index in [1.807, 2.05) is 18.2 Å². The molecule has 0 spiro atoms. The molecule has 0 unspecified atom stereocenters. The minimum Gasteiger partial charge on any atom is -0.456 e. The number of esters is 1. The third-order valence-electron chi connectivity index (χ3n) is 6.21. The third-order valence-corrected chi connectivity index (χ3v) is 7.45. The molecule has 2 fully saturated rings. The van der Waals surface area contributed by atoms with Gasteiger partial charge in [-0.15, -0.1) is 11.8 Å². The Morgan fingerprint density at radius 1 is 1.19 bits per heavy atom. The lowest BCUT2D eigenvalue weighted by molar-refractivity contribution is -0.149. The molecule has 1 aromatic rings. The molecule has 4 rings (SSSR count). The van der Waals surface area contributed by atoms with Gasteiger partial charge in [-0.3, -0.25) is 9.59 Å². The summed E-state index contributed by atoms with van der Waals surface area (Å²) in [5.74, 6) is 1.69. The standard InChI is InChI=1S/C21H27NO3S/c1-14-8-9-22(18-4-2-3-5-19(18)26-14)20(23)13-25-21(24)12-17-11-15-6-7-16(17)10-15/h2-5,14-17H,6-13H2,1H3/t14-,15-,16-,17+/m0/s1. The predicted octanol–water partition coefficient (Wildman–Crippen LogP) is 4.27. The zero-order chi connectivity index (χ0) is 18.1. The molecular weight excluding hydrogens is 346 g/mol. The van der Waals surface area contributed by atoms with Crippen molar-refractivity contribution < 1.29 is 14.3 Å². The molecule has 2 aliphatic carbocycles. The number of thioether (sulfide) groups is 1. The van der Waals surface area contributed by atoms with Gasteiger partial charge in [0, 0.05) is 23.1 Å². The monoisotopic (exact) mass is 373 g/mol. The van der Waals surface area contributed by atoms with Gasteiger partial charge in [-0.05, 0) is 55.6 Å². The van der Waals surface area contributed by atoms with Crippen LogP contribution >= 0.6 is 11.8 Å². The summed E-state index contributed by atoms with van der Waals surface area (Å²) in [7, 11) is 0. The first-order valence-electron chi connectivity index (χ1n) is 9.82. The van der Waals surface area contributed by atoms with Crippen molar-refractivity contribution in [2.75, 3.05) is 18.1 Å². The number of hydrogen-bond donors (Lipinski definition) is 0. The molecular formula is C21H27NO3S. The number of rotatable bonds is 4. The fourth-order valence-electron chi connectivity index (χ4n) is 4.87. The minimum absolute atomic E-state index is 0.117. The molecule has 1 heterocycles. The number of nitrogens with zero attached hydrogens (tertiary/aromatic N) is 1. The Morgan fingerprint density at radius 3 is 2.81 bits per heavy atom. The number of ether oxygens (including phenoxy) is 1. The molecule has 4 atom stereocenters. The fraction of sp³-hybridized carbons (Fsp3) is 0.619. The van der Waals surface area contributed by atoms with Crippen molar-refractivity contribution in [3.63, 3.8) is 0 Å². The molecule has 0 N–H and O–H groups in total. The van der Waals surface area contributed by atoms with Crippen molar-refractivity contribution in [1.82, 2.24) is 0 Å². The molecule has 0 radical (unpaired) electrons. The van der Waals surface area contributed by atoms with Crippen LogP contribution in [-0.4, -0.2) is 30.3 Å². The Labute approximate surface area is 159 Å². The highest BCUT2D eigenvalue weighted by Crippen LogP contribution is 2.49. The van der Waals surface area contributed by atoms with Gasteiger partial charge in [0.15, 0.2) is 6.61 Å². The van der Waals surface area contributed by atoms with E-state index in [4.69, 9.17) is 4.74 Å². The number of carbonyl (C=O) groups is 2. The maximum Gasteiger partial charge on any atom is 0.306 e. The Balaban J connectivity index is 1.33. The Morgan fingerprint density at radius 2 is 2.04 bits per heavy atom. The van der Waals surface area contributed by atoms with Gasteiger partial charge in [0.2, 0.25) is 0 Å². The molecule has 5 heteroatoms. The van der Waals surface area contributed by atoms with E-state index in [1.54, 1.807) is 16.7 Å². The summed E-state index contributed by atoms with van der Waals surface area (Å²) < 4.78 is 5.37. The highest BCUT2D eigenvalue weighted by molar-refractivity contribution is 8.00. The van der Waals surface area contributed by atoms with Crippen LogP contribution in [0.2, 0.25) is 0 Å². The molecule has 0 aromatic heterocycles. The SMILES string of the molecule is C[C@H]1CCN(C(=O)COC(=O)C[C@H]2C[C@H]3CC[C@H]2C3)c2ccccc2S1. The summed E-state index contributed by atoms with van der Waals surface area (Å²) in [6.45, 7) is 2.71. The predicted molar refractivity (Wildman–Crippen MR) is 103 cm³/mol. The molecule has 3 aliphatic rings. The van der Waals surface area contributed by atoms with Crippen LogP contribution in [0.1, 0.15) is 45.4 Å². The van der Waals surface area contributed by atoms with E-state index in [9.17, 15) is 9.59 Å². The van der Waals surface area contributed by atoms with Crippen molar-refractivity contribution in [2.24, 2.45) is 17.8 Å². The molecule has 1 aliphatic heterocycles. The van der Waals surface area contributed by atoms with E-state index in [-0.39, 0.29) is 18.5 Å². The summed E-state index contributed by atoms with van der Waals surface area (Å²) in [4.78, 5) is 27.9. The van der Waals surface area contributed by atoms with E-state index in [0.717, 1.165) is 22.9 Å². The summed E-state index contributed by atoms with van der Waals surface area (Å²) >= 11 is 1.80. The van der Waals surface area contributed by atoms with Gasteiger partial charge in [0.05, 0.1) is 5.69 Å². The molecule has 2 saturated carbocycles. The van der Waals surface area contributed by atoms with E-state index in [0.29, 0.717) is 30.1 Å². The normalized spacial score (nSPS) is 30.0. The second-order valence-corrected chi connectivity index (χ2v) is 9.51. The van der Waals surface area contributed by atoms with Gasteiger partial charge < -0.3 is 9.64 Å². The number of para-hydroxylation sites is 1. The molecule has 1 amide bonds. The maximum absolute atomic E-state index is 12.7. The van der Waals surface area contributed by atoms with Crippen LogP contribution in [0.5, 0.6) is 0 Å². The minimum atomic E-state index is -0.207. The lowest BCUT2D eigenvalue weighted by atomic mass is 9.86. The number of amides is 1. The number of hydrogen-bond acceptors (Lipinski definition) is 4. The van der Waals surface area contributed by atoms with E-state index < -0.39 is 0 Å². The lowest BCUT2D eigenvalue weighted by Crippen LogP contribution is -2.36. The smallest absolute Gasteiger partial charge is 0.306 e. The van der Waals surface area contributed by atoms with Crippen LogP contribution in [0.15, 0.2) is 29.2 Å². The van der Waals surface area contributed by atoms with Gasteiger partial charge in [0.1, 0.15) is 0 Å². The first kappa shape index (κ1) is 17.9. The van der Waals surface area contributed by atoms with Gasteiger partial charge >= 0.3 is 5.97 Å². The van der Waals surface area contributed by atoms with Crippen LogP contribution in [0.3, 0.4) is 0 Å². The molecule has 26 heavy (non-hydrogen) atoms. The van der Waals surface area contributed by atoms with Crippen molar-refractivity contribution >= 4 is 29.3 Å². The zero-order valence-electron chi connectivity index (χ0n) is 15.4. The lowest BCUT2D eigenvalue weighted by Gasteiger charge is -2.23. The first-order chi connectivity index (χ1) is 12.6. The molecule has 0 saturated heterocycles. The van der Waals surface area contributed by atoms with Crippen LogP contribution < -0.4 is 4.90 Å². The number of carbonyl (C=O) groups excluding carboxylic acids is 2. The Bertz CT molecular complexity index is 692. The van der Waals surface area contributed by atoms with Crippen molar-refractivity contribution in [3.8, 4) is 0 Å². The van der Waals surface area contributed by atoms with Crippen LogP contribution in [-0.2, 0) is 14.3 Å². The summed E-state index contributed by atoms with van der Waals surface area (Å²) in [6.07, 6.45) is 6.48. The largest absolute Gasteiger partial charge is 0.456 e. The second kappa shape index (κ2) is 7.63. The van der Waals surface area contributed by atoms with Gasteiger partial charge in [-0.2, -0.15) is 0 Å². The molecule has 2 bridgehead atoms. The van der Waals surface area contributed by atoms with E-state index in [1.165, 1.54) is 25.7 Å². The molecule has 4 nitrogen and oxygen atoms in total. The van der Waals surface area contributed by atoms with Crippen LogP contribution in [0.25, 0.3) is 0 Å². The maximum atomic E-state index is 12.7. The van der Waals surface area contributed by atoms with Crippen molar-refractivity contribution in [1.29, 1.82) is 0 Å². The highest BCUT2D eigenvalue weighted by atomic mass is 32.2. The summed E-state index contributed by atoms with van der Waals surface area (Å²) in [5.41, 5.74) is 0.941. The average molecular weight is 374 g/mol. The molecule has 1 aromatic carbocycles. The van der Waals surface area contributed by atoms with Crippen LogP contribution in [0.4, 0.5) is 5.69 Å². The van der Waals surface area contributed by atoms with Crippen molar-refractivity contribution in [2.45, 2.75) is 55.6 Å². The van der Waals surface area contributed by atoms with Gasteiger partial charge in [-0.25, -0.2) is 0 Å². The number of benzene rings is 1. The summed E-state index contributed by atoms with van der Waals surface area (Å²) in [5, 5.41) is 0.467. The number of anilines is 1. The Hall–Kier alpha value is -1.49.